The van der Waals surface area contributed by atoms with Gasteiger partial charge in [0.25, 0.3) is 0 Å². The summed E-state index contributed by atoms with van der Waals surface area (Å²) in [5.41, 5.74) is 7.22. The smallest absolute Gasteiger partial charge is 0.220 e. The molecular weight excluding hydrogens is 352 g/mol. The number of nitrogens with two attached hydrogens (primary N) is 1. The SMILES string of the molecule is CC(NC(=O)CC1CCCCC1N)c1ccc(Br)cc1.Cl. The molecule has 0 aromatic heterocycles. The topological polar surface area (TPSA) is 55.1 Å². The number of hydrogen-bond donors (Lipinski definition) is 2. The van der Waals surface area contributed by atoms with Crippen LogP contribution in [0.25, 0.3) is 0 Å². The zero-order chi connectivity index (χ0) is 14.5. The lowest BCUT2D eigenvalue weighted by molar-refractivity contribution is -0.123. The Kier molecular flexibility index (Phi) is 7.71. The molecule has 1 aliphatic rings. The van der Waals surface area contributed by atoms with Gasteiger partial charge in [0.1, 0.15) is 0 Å². The number of benzene rings is 1. The second-order valence-corrected chi connectivity index (χ2v) is 6.67. The Hall–Kier alpha value is -0.580. The zero-order valence-corrected chi connectivity index (χ0v) is 14.8. The van der Waals surface area contributed by atoms with Crippen LogP contribution >= 0.6 is 28.3 Å². The quantitative estimate of drug-likeness (QED) is 0.837. The van der Waals surface area contributed by atoms with Crippen molar-refractivity contribution in [3.8, 4) is 0 Å². The van der Waals surface area contributed by atoms with Gasteiger partial charge in [-0.15, -0.1) is 12.4 Å². The van der Waals surface area contributed by atoms with Gasteiger partial charge in [0.15, 0.2) is 0 Å². The first-order chi connectivity index (χ1) is 9.56. The lowest BCUT2D eigenvalue weighted by Crippen LogP contribution is -2.37. The molecule has 5 heteroatoms. The van der Waals surface area contributed by atoms with Gasteiger partial charge >= 0.3 is 0 Å². The van der Waals surface area contributed by atoms with E-state index in [0.29, 0.717) is 12.3 Å². The second-order valence-electron chi connectivity index (χ2n) is 5.75. The van der Waals surface area contributed by atoms with Crippen LogP contribution in [0.1, 0.15) is 50.6 Å². The van der Waals surface area contributed by atoms with E-state index < -0.39 is 0 Å². The zero-order valence-electron chi connectivity index (χ0n) is 12.3. The third kappa shape index (κ3) is 5.61. The molecule has 0 heterocycles. The number of halogens is 2. The molecule has 3 unspecified atom stereocenters. The first-order valence-electron chi connectivity index (χ1n) is 7.36. The fourth-order valence-electron chi connectivity index (χ4n) is 2.86. The third-order valence-electron chi connectivity index (χ3n) is 4.16. The van der Waals surface area contributed by atoms with Crippen molar-refractivity contribution in [2.24, 2.45) is 11.7 Å². The van der Waals surface area contributed by atoms with Gasteiger partial charge in [-0.1, -0.05) is 40.9 Å². The van der Waals surface area contributed by atoms with E-state index >= 15 is 0 Å². The fourth-order valence-corrected chi connectivity index (χ4v) is 3.13. The average Bonchev–Trinajstić information content (AvgIpc) is 2.42. The molecule has 3 atom stereocenters. The van der Waals surface area contributed by atoms with E-state index in [4.69, 9.17) is 5.73 Å². The van der Waals surface area contributed by atoms with Crippen molar-refractivity contribution < 1.29 is 4.79 Å². The van der Waals surface area contributed by atoms with E-state index in [-0.39, 0.29) is 30.4 Å². The first-order valence-corrected chi connectivity index (χ1v) is 8.16. The Morgan fingerprint density at radius 2 is 1.95 bits per heavy atom. The lowest BCUT2D eigenvalue weighted by Gasteiger charge is -2.28. The summed E-state index contributed by atoms with van der Waals surface area (Å²) in [4.78, 5) is 12.1. The monoisotopic (exact) mass is 374 g/mol. The van der Waals surface area contributed by atoms with Gasteiger partial charge in [-0.2, -0.15) is 0 Å². The highest BCUT2D eigenvalue weighted by atomic mass is 79.9. The largest absolute Gasteiger partial charge is 0.350 e. The molecule has 0 radical (unpaired) electrons. The molecular formula is C16H24BrClN2O. The normalized spacial score (nSPS) is 23.0. The first kappa shape index (κ1) is 18.5. The van der Waals surface area contributed by atoms with Crippen molar-refractivity contribution in [2.45, 2.75) is 51.1 Å². The molecule has 1 amide bonds. The van der Waals surface area contributed by atoms with Crippen LogP contribution in [0.4, 0.5) is 0 Å². The van der Waals surface area contributed by atoms with Crippen LogP contribution in [0.15, 0.2) is 28.7 Å². The van der Waals surface area contributed by atoms with E-state index in [9.17, 15) is 4.79 Å². The van der Waals surface area contributed by atoms with Crippen LogP contribution in [-0.4, -0.2) is 11.9 Å². The summed E-state index contributed by atoms with van der Waals surface area (Å²) in [6, 6.07) is 8.28. The maximum Gasteiger partial charge on any atom is 0.220 e. The molecule has 0 spiro atoms. The summed E-state index contributed by atoms with van der Waals surface area (Å²) in [6.45, 7) is 2.02. The summed E-state index contributed by atoms with van der Waals surface area (Å²) in [7, 11) is 0. The van der Waals surface area contributed by atoms with Gasteiger partial charge in [0, 0.05) is 16.9 Å². The van der Waals surface area contributed by atoms with E-state index in [1.54, 1.807) is 0 Å². The minimum atomic E-state index is 0. The molecule has 0 bridgehead atoms. The van der Waals surface area contributed by atoms with E-state index in [1.807, 2.05) is 31.2 Å². The van der Waals surface area contributed by atoms with Crippen LogP contribution in [0.5, 0.6) is 0 Å². The van der Waals surface area contributed by atoms with Crippen molar-refractivity contribution in [3.63, 3.8) is 0 Å². The third-order valence-corrected chi connectivity index (χ3v) is 4.69. The van der Waals surface area contributed by atoms with Gasteiger partial charge in [0.2, 0.25) is 5.91 Å². The van der Waals surface area contributed by atoms with E-state index in [2.05, 4.69) is 21.2 Å². The predicted octanol–water partition coefficient (Wildman–Crippen LogP) is 3.96. The Bertz CT molecular complexity index is 452. The molecule has 3 nitrogen and oxygen atoms in total. The van der Waals surface area contributed by atoms with E-state index in [1.165, 1.54) is 12.8 Å². The van der Waals surface area contributed by atoms with Gasteiger partial charge in [-0.05, 0) is 43.4 Å². The highest BCUT2D eigenvalue weighted by Crippen LogP contribution is 2.26. The van der Waals surface area contributed by atoms with Crippen molar-refractivity contribution in [3.05, 3.63) is 34.3 Å². The van der Waals surface area contributed by atoms with Crippen molar-refractivity contribution in [1.82, 2.24) is 5.32 Å². The van der Waals surface area contributed by atoms with Gasteiger partial charge in [0.05, 0.1) is 6.04 Å². The van der Waals surface area contributed by atoms with Crippen LogP contribution in [0, 0.1) is 5.92 Å². The number of rotatable bonds is 4. The number of carbonyl (C=O) groups is 1. The minimum Gasteiger partial charge on any atom is -0.350 e. The highest BCUT2D eigenvalue weighted by Gasteiger charge is 2.24. The minimum absolute atomic E-state index is 0. The molecule has 0 saturated heterocycles. The van der Waals surface area contributed by atoms with Gasteiger partial charge < -0.3 is 11.1 Å². The molecule has 3 N–H and O–H groups in total. The van der Waals surface area contributed by atoms with Crippen molar-refractivity contribution in [2.75, 3.05) is 0 Å². The predicted molar refractivity (Wildman–Crippen MR) is 92.5 cm³/mol. The summed E-state index contributed by atoms with van der Waals surface area (Å²) >= 11 is 3.42. The highest BCUT2D eigenvalue weighted by molar-refractivity contribution is 9.10. The van der Waals surface area contributed by atoms with Crippen LogP contribution in [0.2, 0.25) is 0 Å². The number of nitrogens with one attached hydrogen (secondary N) is 1. The second kappa shape index (κ2) is 8.76. The number of carbonyl (C=O) groups excluding carboxylic acids is 1. The Morgan fingerprint density at radius 1 is 1.33 bits per heavy atom. The summed E-state index contributed by atoms with van der Waals surface area (Å²) < 4.78 is 1.05. The molecule has 0 aliphatic heterocycles. The molecule has 2 rings (SSSR count). The Labute approximate surface area is 141 Å². The van der Waals surface area contributed by atoms with Crippen LogP contribution in [-0.2, 0) is 4.79 Å². The maximum absolute atomic E-state index is 12.1. The lowest BCUT2D eigenvalue weighted by atomic mass is 9.83. The molecule has 21 heavy (non-hydrogen) atoms. The standard InChI is InChI=1S/C16H23BrN2O.ClH/c1-11(12-6-8-14(17)9-7-12)19-16(20)10-13-4-2-3-5-15(13)18;/h6-9,11,13,15H,2-5,10,18H2,1H3,(H,19,20);1H. The molecule has 1 aromatic rings. The van der Waals surface area contributed by atoms with Crippen molar-refractivity contribution >= 4 is 34.2 Å². The maximum atomic E-state index is 12.1. The summed E-state index contributed by atoms with van der Waals surface area (Å²) in [5.74, 6) is 0.462. The molecule has 1 fully saturated rings. The molecule has 1 aromatic carbocycles. The summed E-state index contributed by atoms with van der Waals surface area (Å²) in [5, 5.41) is 3.07. The van der Waals surface area contributed by atoms with Gasteiger partial charge in [-0.3, -0.25) is 4.79 Å². The number of hydrogen-bond acceptors (Lipinski definition) is 2. The van der Waals surface area contributed by atoms with Crippen molar-refractivity contribution in [1.29, 1.82) is 0 Å². The molecule has 118 valence electrons. The molecule has 1 aliphatic carbocycles. The fraction of sp³-hybridized carbons (Fsp3) is 0.562. The average molecular weight is 376 g/mol. The van der Waals surface area contributed by atoms with Crippen LogP contribution in [0.3, 0.4) is 0 Å². The van der Waals surface area contributed by atoms with Crippen LogP contribution < -0.4 is 11.1 Å². The number of amides is 1. The van der Waals surface area contributed by atoms with E-state index in [0.717, 1.165) is 22.9 Å². The summed E-state index contributed by atoms with van der Waals surface area (Å²) in [6.07, 6.45) is 5.10. The van der Waals surface area contributed by atoms with Gasteiger partial charge in [-0.25, -0.2) is 0 Å². The Balaban J connectivity index is 0.00000220. The Morgan fingerprint density at radius 3 is 2.57 bits per heavy atom. The molecule has 1 saturated carbocycles.